The van der Waals surface area contributed by atoms with Crippen LogP contribution in [0.3, 0.4) is 0 Å². The first kappa shape index (κ1) is 13.8. The van der Waals surface area contributed by atoms with Gasteiger partial charge < -0.3 is 10.6 Å². The van der Waals surface area contributed by atoms with Crippen LogP contribution in [-0.2, 0) is 5.41 Å². The zero-order valence-corrected chi connectivity index (χ0v) is 12.5. The molecule has 1 aliphatic heterocycles. The summed E-state index contributed by atoms with van der Waals surface area (Å²) in [4.78, 5) is 3.96. The lowest BCUT2D eigenvalue weighted by Crippen LogP contribution is -2.33. The van der Waals surface area contributed by atoms with Crippen LogP contribution in [0.15, 0.2) is 23.1 Å². The van der Waals surface area contributed by atoms with E-state index in [-0.39, 0.29) is 5.41 Å². The van der Waals surface area contributed by atoms with Crippen LogP contribution >= 0.6 is 11.8 Å². The number of hydrogen-bond acceptors (Lipinski definition) is 3. The Kier molecular flexibility index (Phi) is 4.23. The minimum Gasteiger partial charge on any atom is -0.370 e. The topological polar surface area (TPSA) is 29.3 Å². The Morgan fingerprint density at radius 1 is 1.33 bits per heavy atom. The van der Waals surface area contributed by atoms with Crippen molar-refractivity contribution in [1.29, 1.82) is 0 Å². The first-order valence-electron chi connectivity index (χ1n) is 6.75. The number of thioether (sulfide) groups is 1. The van der Waals surface area contributed by atoms with Crippen LogP contribution in [0.25, 0.3) is 0 Å². The number of para-hydroxylation sites is 1. The highest BCUT2D eigenvalue weighted by atomic mass is 32.2. The lowest BCUT2D eigenvalue weighted by molar-refractivity contribution is 0.583. The molecule has 18 heavy (non-hydrogen) atoms. The molecule has 0 aromatic heterocycles. The summed E-state index contributed by atoms with van der Waals surface area (Å²) in [5.74, 6) is 1.19. The largest absolute Gasteiger partial charge is 0.370 e. The first-order valence-corrected chi connectivity index (χ1v) is 7.74. The van der Waals surface area contributed by atoms with Crippen LogP contribution in [0.2, 0.25) is 0 Å². The second-order valence-corrected chi connectivity index (χ2v) is 7.02. The number of nitrogens with two attached hydrogens (primary N) is 1. The number of hydrogen-bond donors (Lipinski definition) is 1. The molecule has 0 saturated carbocycles. The van der Waals surface area contributed by atoms with Crippen molar-refractivity contribution in [2.45, 2.75) is 37.5 Å². The third-order valence-corrected chi connectivity index (χ3v) is 4.40. The molecule has 0 unspecified atom stereocenters. The number of benzene rings is 1. The van der Waals surface area contributed by atoms with E-state index < -0.39 is 0 Å². The van der Waals surface area contributed by atoms with E-state index in [4.69, 9.17) is 5.73 Å². The molecule has 0 bridgehead atoms. The zero-order valence-electron chi connectivity index (χ0n) is 11.7. The van der Waals surface area contributed by atoms with Crippen molar-refractivity contribution >= 4 is 17.4 Å². The lowest BCUT2D eigenvalue weighted by atomic mass is 9.85. The second-order valence-electron chi connectivity index (χ2n) is 5.88. The summed E-state index contributed by atoms with van der Waals surface area (Å²) in [6, 6.07) is 6.73. The molecule has 3 heteroatoms. The molecule has 1 aromatic rings. The van der Waals surface area contributed by atoms with E-state index >= 15 is 0 Å². The van der Waals surface area contributed by atoms with Gasteiger partial charge in [0, 0.05) is 23.7 Å². The van der Waals surface area contributed by atoms with E-state index in [1.807, 2.05) is 11.8 Å². The molecule has 0 fully saturated rings. The predicted molar refractivity (Wildman–Crippen MR) is 81.8 cm³/mol. The Bertz CT molecular complexity index is 409. The van der Waals surface area contributed by atoms with Crippen LogP contribution in [-0.4, -0.2) is 25.4 Å². The maximum Gasteiger partial charge on any atom is 0.0542 e. The van der Waals surface area contributed by atoms with E-state index in [9.17, 15) is 0 Å². The molecule has 1 aromatic carbocycles. The molecule has 0 atom stereocenters. The Morgan fingerprint density at radius 3 is 2.78 bits per heavy atom. The highest BCUT2D eigenvalue weighted by Gasteiger charge is 2.25. The van der Waals surface area contributed by atoms with Gasteiger partial charge in [0.1, 0.15) is 0 Å². The third kappa shape index (κ3) is 2.83. The molecule has 0 saturated heterocycles. The lowest BCUT2D eigenvalue weighted by Gasteiger charge is -2.36. The maximum atomic E-state index is 5.66. The molecular weight excluding hydrogens is 240 g/mol. The van der Waals surface area contributed by atoms with Crippen LogP contribution < -0.4 is 10.6 Å². The summed E-state index contributed by atoms with van der Waals surface area (Å²) >= 11 is 1.98. The quantitative estimate of drug-likeness (QED) is 0.908. The van der Waals surface area contributed by atoms with E-state index in [1.54, 1.807) is 0 Å². The Morgan fingerprint density at radius 2 is 2.11 bits per heavy atom. The van der Waals surface area contributed by atoms with Gasteiger partial charge in [-0.1, -0.05) is 32.9 Å². The fourth-order valence-corrected chi connectivity index (χ4v) is 3.54. The molecule has 1 heterocycles. The molecule has 100 valence electrons. The van der Waals surface area contributed by atoms with Crippen molar-refractivity contribution in [3.8, 4) is 0 Å². The smallest absolute Gasteiger partial charge is 0.0542 e. The summed E-state index contributed by atoms with van der Waals surface area (Å²) in [6.45, 7) is 9.88. The van der Waals surface area contributed by atoms with Gasteiger partial charge in [0.05, 0.1) is 5.69 Å². The van der Waals surface area contributed by atoms with Gasteiger partial charge in [-0.2, -0.15) is 0 Å². The van der Waals surface area contributed by atoms with Gasteiger partial charge in [-0.05, 0) is 30.0 Å². The molecular formula is C15H24N2S. The van der Waals surface area contributed by atoms with Gasteiger partial charge in [-0.15, -0.1) is 11.8 Å². The number of nitrogens with zero attached hydrogens (tertiary/aromatic N) is 1. The van der Waals surface area contributed by atoms with E-state index in [0.717, 1.165) is 26.1 Å². The van der Waals surface area contributed by atoms with Crippen molar-refractivity contribution in [2.24, 2.45) is 5.73 Å². The summed E-state index contributed by atoms with van der Waals surface area (Å²) in [7, 11) is 0. The molecule has 0 radical (unpaired) electrons. The number of fused-ring (bicyclic) bond motifs is 1. The Balaban J connectivity index is 2.40. The normalized spacial score (nSPS) is 15.7. The maximum absolute atomic E-state index is 5.66. The Hall–Kier alpha value is -0.670. The molecule has 0 spiro atoms. The fourth-order valence-electron chi connectivity index (χ4n) is 2.45. The van der Waals surface area contributed by atoms with Crippen molar-refractivity contribution in [2.75, 3.05) is 30.3 Å². The fraction of sp³-hybridized carbons (Fsp3) is 0.600. The van der Waals surface area contributed by atoms with Gasteiger partial charge in [0.2, 0.25) is 0 Å². The highest BCUT2D eigenvalue weighted by molar-refractivity contribution is 7.99. The van der Waals surface area contributed by atoms with Gasteiger partial charge in [0.15, 0.2) is 0 Å². The standard InChI is InChI=1S/C15H24N2S/c1-15(2,3)12-6-4-7-13-14(12)17(9-5-8-16)10-11-18-13/h4,6-7H,5,8-11,16H2,1-3H3. The highest BCUT2D eigenvalue weighted by Crippen LogP contribution is 2.41. The van der Waals surface area contributed by atoms with Crippen molar-refractivity contribution in [3.63, 3.8) is 0 Å². The molecule has 2 rings (SSSR count). The summed E-state index contributed by atoms with van der Waals surface area (Å²) in [5, 5.41) is 0. The average Bonchev–Trinajstić information content (AvgIpc) is 2.34. The average molecular weight is 264 g/mol. The van der Waals surface area contributed by atoms with Gasteiger partial charge in [-0.25, -0.2) is 0 Å². The number of rotatable bonds is 3. The molecule has 1 aliphatic rings. The van der Waals surface area contributed by atoms with Gasteiger partial charge >= 0.3 is 0 Å². The minimum atomic E-state index is 0.199. The SMILES string of the molecule is CC(C)(C)c1cccc2c1N(CCCN)CCS2. The zero-order chi connectivity index (χ0) is 13.2. The molecule has 0 aliphatic carbocycles. The monoisotopic (exact) mass is 264 g/mol. The minimum absolute atomic E-state index is 0.199. The van der Waals surface area contributed by atoms with Gasteiger partial charge in [0.25, 0.3) is 0 Å². The summed E-state index contributed by atoms with van der Waals surface area (Å²) in [6.07, 6.45) is 1.07. The van der Waals surface area contributed by atoms with Crippen LogP contribution in [0.5, 0.6) is 0 Å². The van der Waals surface area contributed by atoms with E-state index in [2.05, 4.69) is 43.9 Å². The third-order valence-electron chi connectivity index (χ3n) is 3.37. The van der Waals surface area contributed by atoms with E-state index in [0.29, 0.717) is 0 Å². The first-order chi connectivity index (χ1) is 8.54. The van der Waals surface area contributed by atoms with Gasteiger partial charge in [-0.3, -0.25) is 0 Å². The van der Waals surface area contributed by atoms with Crippen molar-refractivity contribution in [1.82, 2.24) is 0 Å². The predicted octanol–water partition coefficient (Wildman–Crippen LogP) is 3.25. The van der Waals surface area contributed by atoms with E-state index in [1.165, 1.54) is 21.9 Å². The van der Waals surface area contributed by atoms with Crippen LogP contribution in [0.4, 0.5) is 5.69 Å². The second kappa shape index (κ2) is 5.54. The van der Waals surface area contributed by atoms with Crippen molar-refractivity contribution < 1.29 is 0 Å². The van der Waals surface area contributed by atoms with Crippen LogP contribution in [0.1, 0.15) is 32.8 Å². The number of anilines is 1. The Labute approximate surface area is 115 Å². The molecule has 0 amide bonds. The summed E-state index contributed by atoms with van der Waals surface area (Å²) in [5.41, 5.74) is 8.77. The molecule has 2 N–H and O–H groups in total. The van der Waals surface area contributed by atoms with Crippen molar-refractivity contribution in [3.05, 3.63) is 23.8 Å². The summed E-state index contributed by atoms with van der Waals surface area (Å²) < 4.78 is 0. The molecule has 2 nitrogen and oxygen atoms in total. The van der Waals surface area contributed by atoms with Crippen LogP contribution in [0, 0.1) is 0 Å².